The van der Waals surface area contributed by atoms with Gasteiger partial charge in [-0.2, -0.15) is 0 Å². The largest absolute Gasteiger partial charge is 0.497 e. The molecule has 1 unspecified atom stereocenters. The highest BCUT2D eigenvalue weighted by Gasteiger charge is 2.37. The Labute approximate surface area is 104 Å². The van der Waals surface area contributed by atoms with Gasteiger partial charge in [0.15, 0.2) is 11.3 Å². The summed E-state index contributed by atoms with van der Waals surface area (Å²) >= 11 is 4.98. The highest BCUT2D eigenvalue weighted by molar-refractivity contribution is 7.80. The lowest BCUT2D eigenvalue weighted by Gasteiger charge is -2.20. The molecule has 1 aromatic carbocycles. The van der Waals surface area contributed by atoms with Crippen LogP contribution in [-0.2, 0) is 0 Å². The fourth-order valence-electron chi connectivity index (χ4n) is 1.78. The maximum absolute atomic E-state index is 12.1. The van der Waals surface area contributed by atoms with Crippen molar-refractivity contribution in [3.63, 3.8) is 0 Å². The van der Waals surface area contributed by atoms with E-state index in [2.05, 4.69) is 5.32 Å². The van der Waals surface area contributed by atoms with E-state index in [9.17, 15) is 9.90 Å². The van der Waals surface area contributed by atoms with Crippen molar-refractivity contribution >= 4 is 23.2 Å². The Kier molecular flexibility index (Phi) is 2.99. The lowest BCUT2D eigenvalue weighted by Crippen LogP contribution is -2.40. The molecule has 0 bridgehead atoms. The average molecular weight is 252 g/mol. The van der Waals surface area contributed by atoms with Crippen molar-refractivity contribution in [1.29, 1.82) is 0 Å². The molecule has 1 atom stereocenters. The first-order valence-electron chi connectivity index (χ1n) is 5.01. The van der Waals surface area contributed by atoms with E-state index < -0.39 is 6.23 Å². The van der Waals surface area contributed by atoms with Crippen molar-refractivity contribution in [1.82, 2.24) is 10.2 Å². The predicted molar refractivity (Wildman–Crippen MR) is 65.8 cm³/mol. The Morgan fingerprint density at radius 2 is 2.29 bits per heavy atom. The van der Waals surface area contributed by atoms with Crippen LogP contribution in [0.15, 0.2) is 18.2 Å². The molecular formula is C11H12N2O3S. The van der Waals surface area contributed by atoms with E-state index in [1.165, 1.54) is 7.11 Å². The molecule has 1 heterocycles. The molecule has 0 aromatic heterocycles. The molecular weight excluding hydrogens is 240 g/mol. The Morgan fingerprint density at radius 3 is 2.88 bits per heavy atom. The zero-order chi connectivity index (χ0) is 12.6. The molecule has 1 aromatic rings. The minimum Gasteiger partial charge on any atom is -0.497 e. The van der Waals surface area contributed by atoms with Crippen molar-refractivity contribution in [2.45, 2.75) is 6.23 Å². The molecule has 0 aliphatic carbocycles. The van der Waals surface area contributed by atoms with E-state index in [0.717, 1.165) is 4.90 Å². The zero-order valence-corrected chi connectivity index (χ0v) is 10.2. The topological polar surface area (TPSA) is 61.8 Å². The number of thiocarbonyl (C=S) groups is 1. The second-order valence-electron chi connectivity index (χ2n) is 3.56. The Hall–Kier alpha value is -1.66. The number of benzene rings is 1. The number of methoxy groups -OCH3 is 1. The van der Waals surface area contributed by atoms with Gasteiger partial charge in [0.05, 0.1) is 12.7 Å². The summed E-state index contributed by atoms with van der Waals surface area (Å²) in [4.78, 5) is 13.2. The number of fused-ring (bicyclic) bond motifs is 1. The molecule has 17 heavy (non-hydrogen) atoms. The Balaban J connectivity index is 2.45. The number of nitrogens with one attached hydrogen (secondary N) is 1. The smallest absolute Gasteiger partial charge is 0.263 e. The van der Waals surface area contributed by atoms with E-state index in [-0.39, 0.29) is 11.0 Å². The van der Waals surface area contributed by atoms with E-state index in [0.29, 0.717) is 16.9 Å². The third-order valence-electron chi connectivity index (χ3n) is 2.67. The summed E-state index contributed by atoms with van der Waals surface area (Å²) in [6, 6.07) is 4.95. The molecule has 1 amide bonds. The molecule has 0 fully saturated rings. The minimum absolute atomic E-state index is 0.192. The van der Waals surface area contributed by atoms with Crippen molar-refractivity contribution in [2.75, 3.05) is 14.2 Å². The van der Waals surface area contributed by atoms with Gasteiger partial charge in [-0.1, -0.05) is 6.07 Å². The summed E-state index contributed by atoms with van der Waals surface area (Å²) < 4.78 is 5.04. The van der Waals surface area contributed by atoms with Gasteiger partial charge >= 0.3 is 0 Å². The number of nitrogens with zero attached hydrogens (tertiary/aromatic N) is 1. The minimum atomic E-state index is -1.04. The van der Waals surface area contributed by atoms with Crippen LogP contribution in [0.1, 0.15) is 22.1 Å². The number of ether oxygens (including phenoxy) is 1. The first-order valence-corrected chi connectivity index (χ1v) is 5.42. The highest BCUT2D eigenvalue weighted by atomic mass is 32.1. The van der Waals surface area contributed by atoms with Crippen LogP contribution in [0.5, 0.6) is 5.75 Å². The van der Waals surface area contributed by atoms with Crippen LogP contribution in [0.25, 0.3) is 0 Å². The summed E-state index contributed by atoms with van der Waals surface area (Å²) in [5.41, 5.74) is 0.947. The van der Waals surface area contributed by atoms with Crippen molar-refractivity contribution < 1.29 is 14.6 Å². The number of hydrogen-bond donors (Lipinski definition) is 2. The van der Waals surface area contributed by atoms with Crippen molar-refractivity contribution in [2.24, 2.45) is 0 Å². The molecule has 2 N–H and O–H groups in total. The second kappa shape index (κ2) is 4.31. The number of amides is 1. The Bertz CT molecular complexity index is 490. The van der Waals surface area contributed by atoms with Gasteiger partial charge in [-0.25, -0.2) is 0 Å². The van der Waals surface area contributed by atoms with Gasteiger partial charge in [0, 0.05) is 12.6 Å². The van der Waals surface area contributed by atoms with Gasteiger partial charge in [0.1, 0.15) is 5.75 Å². The monoisotopic (exact) mass is 252 g/mol. The second-order valence-corrected chi connectivity index (χ2v) is 3.94. The summed E-state index contributed by atoms with van der Waals surface area (Å²) in [5, 5.41) is 12.9. The van der Waals surface area contributed by atoms with Gasteiger partial charge in [-0.15, -0.1) is 0 Å². The van der Waals surface area contributed by atoms with Crippen LogP contribution >= 0.6 is 12.2 Å². The first kappa shape index (κ1) is 11.8. The summed E-state index contributed by atoms with van der Waals surface area (Å²) in [7, 11) is 3.12. The fourth-order valence-corrected chi connectivity index (χ4v) is 1.96. The molecule has 90 valence electrons. The zero-order valence-electron chi connectivity index (χ0n) is 9.43. The Morgan fingerprint density at radius 1 is 1.59 bits per heavy atom. The fraction of sp³-hybridized carbons (Fsp3) is 0.273. The van der Waals surface area contributed by atoms with Gasteiger partial charge in [0.25, 0.3) is 5.91 Å². The molecule has 0 saturated carbocycles. The van der Waals surface area contributed by atoms with Crippen LogP contribution in [0.4, 0.5) is 0 Å². The molecule has 0 saturated heterocycles. The van der Waals surface area contributed by atoms with E-state index in [1.807, 2.05) is 0 Å². The molecule has 1 aliphatic rings. The standard InChI is InChI=1S/C11H12N2O3S/c1-12-11(17)13-9(14)7-4-3-6(16-2)5-8(7)10(13)15/h3-5,9,14H,1-2H3,(H,12,17). The SMILES string of the molecule is CNC(=S)N1C(=O)c2cc(OC)ccc2C1O. The summed E-state index contributed by atoms with van der Waals surface area (Å²) in [5.74, 6) is 0.243. The van der Waals surface area contributed by atoms with Crippen LogP contribution in [0, 0.1) is 0 Å². The number of aliphatic hydroxyl groups is 1. The third-order valence-corrected chi connectivity index (χ3v) is 3.07. The quantitative estimate of drug-likeness (QED) is 0.718. The predicted octanol–water partition coefficient (Wildman–Crippen LogP) is 0.646. The van der Waals surface area contributed by atoms with Crippen molar-refractivity contribution in [3.8, 4) is 5.75 Å². The lowest BCUT2D eigenvalue weighted by atomic mass is 10.1. The molecule has 2 rings (SSSR count). The number of carbonyl (C=O) groups is 1. The highest BCUT2D eigenvalue weighted by Crippen LogP contribution is 2.33. The van der Waals surface area contributed by atoms with Crippen molar-refractivity contribution in [3.05, 3.63) is 29.3 Å². The van der Waals surface area contributed by atoms with Crippen LogP contribution < -0.4 is 10.1 Å². The average Bonchev–Trinajstić information content (AvgIpc) is 2.60. The molecule has 1 aliphatic heterocycles. The lowest BCUT2D eigenvalue weighted by molar-refractivity contribution is 0.0483. The van der Waals surface area contributed by atoms with Crippen LogP contribution in [0.3, 0.4) is 0 Å². The maximum Gasteiger partial charge on any atom is 0.263 e. The van der Waals surface area contributed by atoms with Gasteiger partial charge in [-0.05, 0) is 24.4 Å². The van der Waals surface area contributed by atoms with Crippen LogP contribution in [0.2, 0.25) is 0 Å². The normalized spacial score (nSPS) is 17.9. The number of carbonyl (C=O) groups excluding carboxylic acids is 1. The van der Waals surface area contributed by atoms with Gasteiger partial charge in [-0.3, -0.25) is 9.69 Å². The summed E-state index contributed by atoms with van der Waals surface area (Å²) in [6.07, 6.45) is -1.04. The molecule has 0 spiro atoms. The van der Waals surface area contributed by atoms with E-state index in [1.54, 1.807) is 25.2 Å². The van der Waals surface area contributed by atoms with Gasteiger partial charge in [0.2, 0.25) is 0 Å². The molecule has 0 radical (unpaired) electrons. The van der Waals surface area contributed by atoms with Crippen LogP contribution in [-0.4, -0.2) is 35.2 Å². The van der Waals surface area contributed by atoms with Gasteiger partial charge < -0.3 is 15.2 Å². The number of aliphatic hydroxyl groups excluding tert-OH is 1. The van der Waals surface area contributed by atoms with E-state index >= 15 is 0 Å². The molecule has 6 heteroatoms. The third kappa shape index (κ3) is 1.75. The van der Waals surface area contributed by atoms with E-state index in [4.69, 9.17) is 17.0 Å². The number of rotatable bonds is 1. The maximum atomic E-state index is 12.1. The molecule has 5 nitrogen and oxygen atoms in total. The first-order chi connectivity index (χ1) is 8.10. The summed E-state index contributed by atoms with van der Waals surface area (Å²) in [6.45, 7) is 0. The number of hydrogen-bond acceptors (Lipinski definition) is 4.